The Hall–Kier alpha value is -2.00. The number of fused-ring (bicyclic) bond motifs is 1. The number of amides is 1. The molecular weight excluding hydrogens is 430 g/mol. The first kappa shape index (κ1) is 20.3. The number of sulfonamides is 1. The Morgan fingerprint density at radius 2 is 1.83 bits per heavy atom. The molecule has 1 fully saturated rings. The third kappa shape index (κ3) is 3.90. The third-order valence-electron chi connectivity index (χ3n) is 4.96. The molecule has 0 aliphatic carbocycles. The molecule has 3 aromatic rings. The van der Waals surface area contributed by atoms with Crippen LogP contribution in [0.15, 0.2) is 52.4 Å². The van der Waals surface area contributed by atoms with Crippen molar-refractivity contribution < 1.29 is 13.2 Å². The van der Waals surface area contributed by atoms with Crippen LogP contribution in [0.1, 0.15) is 30.1 Å². The molecule has 4 rings (SSSR count). The molecule has 1 amide bonds. The van der Waals surface area contributed by atoms with E-state index in [1.54, 1.807) is 0 Å². The van der Waals surface area contributed by atoms with Gasteiger partial charge in [0.05, 0.1) is 15.1 Å². The van der Waals surface area contributed by atoms with Crippen molar-refractivity contribution in [1.29, 1.82) is 0 Å². The molecule has 0 atom stereocenters. The normalized spacial score (nSPS) is 16.0. The molecule has 2 heterocycles. The predicted octanol–water partition coefficient (Wildman–Crippen LogP) is 3.90. The van der Waals surface area contributed by atoms with Gasteiger partial charge < -0.3 is 4.57 Å². The number of halogens is 1. The molecule has 0 saturated carbocycles. The Morgan fingerprint density at radius 3 is 2.48 bits per heavy atom. The van der Waals surface area contributed by atoms with Crippen LogP contribution in [0.3, 0.4) is 0 Å². The summed E-state index contributed by atoms with van der Waals surface area (Å²) in [4.78, 5) is 17.8. The number of hydrogen-bond donors (Lipinski definition) is 0. The van der Waals surface area contributed by atoms with E-state index in [1.165, 1.54) is 39.9 Å². The number of thiazole rings is 1. The summed E-state index contributed by atoms with van der Waals surface area (Å²) in [5.41, 5.74) is 1.32. The van der Waals surface area contributed by atoms with Crippen molar-refractivity contribution in [2.24, 2.45) is 4.99 Å². The topological polar surface area (TPSA) is 71.7 Å². The highest BCUT2D eigenvalue weighted by Crippen LogP contribution is 2.23. The molecular formula is C20H20ClN3O3S2. The van der Waals surface area contributed by atoms with Crippen LogP contribution in [0.25, 0.3) is 10.2 Å². The van der Waals surface area contributed by atoms with Gasteiger partial charge in [-0.15, -0.1) is 0 Å². The van der Waals surface area contributed by atoms with Crippen molar-refractivity contribution in [1.82, 2.24) is 8.87 Å². The largest absolute Gasteiger partial charge is 0.317 e. The zero-order chi connectivity index (χ0) is 20.6. The Morgan fingerprint density at radius 1 is 1.14 bits per heavy atom. The SMILES string of the molecule is CCn1c(=NC(=O)c2ccc(S(=O)(=O)N3CCCC3)cc2)sc2cc(Cl)ccc21. The van der Waals surface area contributed by atoms with Gasteiger partial charge in [-0.2, -0.15) is 9.30 Å². The van der Waals surface area contributed by atoms with Crippen LogP contribution in [0, 0.1) is 0 Å². The standard InChI is InChI=1S/C20H20ClN3O3S2/c1-2-24-17-10-7-15(21)13-18(17)28-20(24)22-19(25)14-5-8-16(9-6-14)29(26,27)23-11-3-4-12-23/h5-10,13H,2-4,11-12H2,1H3. The van der Waals surface area contributed by atoms with Gasteiger partial charge in [-0.05, 0) is 62.2 Å². The van der Waals surface area contributed by atoms with Gasteiger partial charge in [0.25, 0.3) is 5.91 Å². The summed E-state index contributed by atoms with van der Waals surface area (Å²) < 4.78 is 29.6. The molecule has 29 heavy (non-hydrogen) atoms. The Balaban J connectivity index is 1.66. The molecule has 9 heteroatoms. The highest BCUT2D eigenvalue weighted by atomic mass is 35.5. The maximum atomic E-state index is 12.7. The molecule has 0 bridgehead atoms. The van der Waals surface area contributed by atoms with Gasteiger partial charge in [0, 0.05) is 30.2 Å². The molecule has 0 spiro atoms. The molecule has 0 N–H and O–H groups in total. The average molecular weight is 450 g/mol. The first-order valence-electron chi connectivity index (χ1n) is 9.38. The van der Waals surface area contributed by atoms with E-state index < -0.39 is 15.9 Å². The highest BCUT2D eigenvalue weighted by molar-refractivity contribution is 7.89. The van der Waals surface area contributed by atoms with Gasteiger partial charge >= 0.3 is 0 Å². The Bertz CT molecular complexity index is 1240. The van der Waals surface area contributed by atoms with Crippen LogP contribution >= 0.6 is 22.9 Å². The summed E-state index contributed by atoms with van der Waals surface area (Å²) in [5.74, 6) is -0.407. The van der Waals surface area contributed by atoms with Gasteiger partial charge in [-0.25, -0.2) is 8.42 Å². The lowest BCUT2D eigenvalue weighted by atomic mass is 10.2. The lowest BCUT2D eigenvalue weighted by Gasteiger charge is -2.15. The maximum Gasteiger partial charge on any atom is 0.279 e. The highest BCUT2D eigenvalue weighted by Gasteiger charge is 2.27. The number of aromatic nitrogens is 1. The van der Waals surface area contributed by atoms with Crippen molar-refractivity contribution in [3.05, 3.63) is 57.9 Å². The van der Waals surface area contributed by atoms with Gasteiger partial charge in [0.1, 0.15) is 0 Å². The minimum Gasteiger partial charge on any atom is -0.317 e. The minimum atomic E-state index is -3.50. The van der Waals surface area contributed by atoms with E-state index in [-0.39, 0.29) is 4.90 Å². The quantitative estimate of drug-likeness (QED) is 0.606. The minimum absolute atomic E-state index is 0.205. The van der Waals surface area contributed by atoms with Crippen LogP contribution in [-0.4, -0.2) is 36.3 Å². The van der Waals surface area contributed by atoms with Crippen LogP contribution < -0.4 is 4.80 Å². The predicted molar refractivity (Wildman–Crippen MR) is 115 cm³/mol. The van der Waals surface area contributed by atoms with Crippen molar-refractivity contribution in [3.8, 4) is 0 Å². The molecule has 6 nitrogen and oxygen atoms in total. The van der Waals surface area contributed by atoms with Crippen molar-refractivity contribution in [3.63, 3.8) is 0 Å². The second-order valence-electron chi connectivity index (χ2n) is 6.79. The van der Waals surface area contributed by atoms with E-state index in [0.29, 0.717) is 35.0 Å². The summed E-state index contributed by atoms with van der Waals surface area (Å²) in [7, 11) is -3.50. The van der Waals surface area contributed by atoms with Gasteiger partial charge in [0.15, 0.2) is 4.80 Å². The molecule has 0 unspecified atom stereocenters. The van der Waals surface area contributed by atoms with Crippen LogP contribution in [0.4, 0.5) is 0 Å². The number of benzene rings is 2. The molecule has 1 aliphatic heterocycles. The summed E-state index contributed by atoms with van der Waals surface area (Å²) in [5, 5.41) is 0.634. The monoisotopic (exact) mass is 449 g/mol. The maximum absolute atomic E-state index is 12.7. The number of hydrogen-bond acceptors (Lipinski definition) is 4. The first-order chi connectivity index (χ1) is 13.9. The van der Waals surface area contributed by atoms with Gasteiger partial charge in [-0.1, -0.05) is 22.9 Å². The third-order valence-corrected chi connectivity index (χ3v) is 8.15. The lowest BCUT2D eigenvalue weighted by molar-refractivity contribution is 0.0997. The van der Waals surface area contributed by atoms with E-state index in [2.05, 4.69) is 4.99 Å². The molecule has 1 aliphatic rings. The van der Waals surface area contributed by atoms with E-state index in [4.69, 9.17) is 11.6 Å². The van der Waals surface area contributed by atoms with Crippen LogP contribution in [0.5, 0.6) is 0 Å². The van der Waals surface area contributed by atoms with E-state index in [0.717, 1.165) is 23.1 Å². The van der Waals surface area contributed by atoms with Crippen molar-refractivity contribution in [2.75, 3.05) is 13.1 Å². The molecule has 1 aromatic heterocycles. The summed E-state index contributed by atoms with van der Waals surface area (Å²) >= 11 is 7.47. The number of rotatable bonds is 4. The zero-order valence-electron chi connectivity index (χ0n) is 15.8. The second-order valence-corrected chi connectivity index (χ2v) is 10.2. The number of aryl methyl sites for hydroxylation is 1. The van der Waals surface area contributed by atoms with Gasteiger partial charge in [0.2, 0.25) is 10.0 Å². The smallest absolute Gasteiger partial charge is 0.279 e. The number of nitrogens with zero attached hydrogens (tertiary/aromatic N) is 3. The van der Waals surface area contributed by atoms with Gasteiger partial charge in [-0.3, -0.25) is 4.79 Å². The average Bonchev–Trinajstić information content (AvgIpc) is 3.35. The molecule has 1 saturated heterocycles. The fourth-order valence-corrected chi connectivity index (χ4v) is 6.32. The summed E-state index contributed by atoms with van der Waals surface area (Å²) in [6.07, 6.45) is 1.76. The zero-order valence-corrected chi connectivity index (χ0v) is 18.2. The summed E-state index contributed by atoms with van der Waals surface area (Å²) in [6, 6.07) is 11.6. The number of carbonyl (C=O) groups is 1. The first-order valence-corrected chi connectivity index (χ1v) is 12.0. The summed E-state index contributed by atoms with van der Waals surface area (Å²) in [6.45, 7) is 3.75. The van der Waals surface area contributed by atoms with Crippen molar-refractivity contribution >= 4 is 49.1 Å². The van der Waals surface area contributed by atoms with Crippen LogP contribution in [-0.2, 0) is 16.6 Å². The van der Waals surface area contributed by atoms with E-state index in [9.17, 15) is 13.2 Å². The van der Waals surface area contributed by atoms with Crippen LogP contribution in [0.2, 0.25) is 5.02 Å². The number of carbonyl (C=O) groups excluding carboxylic acids is 1. The van der Waals surface area contributed by atoms with Crippen molar-refractivity contribution in [2.45, 2.75) is 31.2 Å². The fourth-order valence-electron chi connectivity index (χ4n) is 3.44. The fraction of sp³-hybridized carbons (Fsp3) is 0.300. The molecule has 0 radical (unpaired) electrons. The molecule has 2 aromatic carbocycles. The lowest BCUT2D eigenvalue weighted by Crippen LogP contribution is -2.27. The molecule has 152 valence electrons. The second kappa shape index (κ2) is 8.02. The Kier molecular flexibility index (Phi) is 5.61. The Labute approximate surface area is 178 Å². The van der Waals surface area contributed by atoms with E-state index >= 15 is 0 Å². The van der Waals surface area contributed by atoms with E-state index in [1.807, 2.05) is 29.7 Å².